The molecule has 3 nitrogen and oxygen atoms in total. The second-order valence-electron chi connectivity index (χ2n) is 3.43. The Balaban J connectivity index is 2.37. The summed E-state index contributed by atoms with van der Waals surface area (Å²) in [5.41, 5.74) is 2.08. The lowest BCUT2D eigenvalue weighted by Crippen LogP contribution is -2.03. The molecule has 4 heteroatoms. The Labute approximate surface area is 95.4 Å². The second-order valence-corrected chi connectivity index (χ2v) is 4.35. The third-order valence-corrected chi connectivity index (χ3v) is 3.44. The number of fused-ring (bicyclic) bond motifs is 1. The van der Waals surface area contributed by atoms with Crippen LogP contribution in [0.25, 0.3) is 21.2 Å². The lowest BCUT2D eigenvalue weighted by Gasteiger charge is -2.01. The predicted octanol–water partition coefficient (Wildman–Crippen LogP) is 2.65. The average molecular weight is 228 g/mol. The molecule has 3 aromatic rings. The van der Waals surface area contributed by atoms with Gasteiger partial charge >= 0.3 is 0 Å². The van der Waals surface area contributed by atoms with Crippen LogP contribution in [0, 0.1) is 0 Å². The number of aromatic amines is 1. The van der Waals surface area contributed by atoms with E-state index in [4.69, 9.17) is 0 Å². The topological polar surface area (TPSA) is 45.8 Å². The molecule has 0 radical (unpaired) electrons. The molecule has 0 unspecified atom stereocenters. The zero-order valence-corrected chi connectivity index (χ0v) is 9.12. The molecule has 0 fully saturated rings. The molecule has 0 saturated carbocycles. The smallest absolute Gasteiger partial charge is 0.256 e. The number of rotatable bonds is 1. The average Bonchev–Trinajstić information content (AvgIpc) is 2.81. The van der Waals surface area contributed by atoms with Crippen LogP contribution < -0.4 is 5.56 Å². The van der Waals surface area contributed by atoms with E-state index < -0.39 is 0 Å². The highest BCUT2D eigenvalue weighted by Gasteiger charge is 2.07. The third-order valence-electron chi connectivity index (χ3n) is 2.49. The molecule has 3 aromatic heterocycles. The van der Waals surface area contributed by atoms with E-state index in [-0.39, 0.29) is 5.56 Å². The number of H-pyrrole nitrogens is 1. The Kier molecular flexibility index (Phi) is 2.08. The molecule has 78 valence electrons. The van der Waals surface area contributed by atoms with Gasteiger partial charge in [0.15, 0.2) is 0 Å². The van der Waals surface area contributed by atoms with Gasteiger partial charge in [-0.3, -0.25) is 9.78 Å². The molecular formula is C12H8N2OS. The van der Waals surface area contributed by atoms with Crippen LogP contribution in [0.5, 0.6) is 0 Å². The maximum atomic E-state index is 11.6. The Hall–Kier alpha value is -1.94. The zero-order valence-electron chi connectivity index (χ0n) is 8.31. The maximum Gasteiger partial charge on any atom is 0.256 e. The minimum atomic E-state index is -0.0333. The molecule has 16 heavy (non-hydrogen) atoms. The van der Waals surface area contributed by atoms with E-state index in [1.54, 1.807) is 29.9 Å². The van der Waals surface area contributed by atoms with Crippen molar-refractivity contribution in [1.29, 1.82) is 0 Å². The largest absolute Gasteiger partial charge is 0.328 e. The standard InChI is InChI=1S/C12H8N2OS/c15-12-9-3-6-16-11(9)10(7-14-12)8-1-4-13-5-2-8/h1-7H,(H,14,15). The number of hydrogen-bond donors (Lipinski definition) is 1. The highest BCUT2D eigenvalue weighted by molar-refractivity contribution is 7.17. The molecule has 0 bridgehead atoms. The van der Waals surface area contributed by atoms with E-state index in [0.717, 1.165) is 21.2 Å². The van der Waals surface area contributed by atoms with Gasteiger partial charge in [0, 0.05) is 28.9 Å². The molecule has 0 aliphatic rings. The summed E-state index contributed by atoms with van der Waals surface area (Å²) >= 11 is 1.58. The Morgan fingerprint density at radius 3 is 2.81 bits per heavy atom. The summed E-state index contributed by atoms with van der Waals surface area (Å²) in [5, 5.41) is 2.68. The van der Waals surface area contributed by atoms with Crippen LogP contribution in [0.3, 0.4) is 0 Å². The minimum Gasteiger partial charge on any atom is -0.328 e. The van der Waals surface area contributed by atoms with E-state index in [0.29, 0.717) is 0 Å². The van der Waals surface area contributed by atoms with Crippen molar-refractivity contribution in [2.75, 3.05) is 0 Å². The van der Waals surface area contributed by atoms with Crippen molar-refractivity contribution in [2.45, 2.75) is 0 Å². The van der Waals surface area contributed by atoms with Crippen LogP contribution in [0.4, 0.5) is 0 Å². The third kappa shape index (κ3) is 1.35. The Bertz CT molecular complexity index is 685. The van der Waals surface area contributed by atoms with E-state index in [1.165, 1.54) is 0 Å². The number of pyridine rings is 2. The molecule has 0 aromatic carbocycles. The molecule has 0 saturated heterocycles. The molecule has 3 rings (SSSR count). The molecule has 0 aliphatic carbocycles. The first-order valence-corrected chi connectivity index (χ1v) is 5.73. The normalized spacial score (nSPS) is 10.8. The Morgan fingerprint density at radius 1 is 1.19 bits per heavy atom. The lowest BCUT2D eigenvalue weighted by atomic mass is 10.1. The highest BCUT2D eigenvalue weighted by atomic mass is 32.1. The van der Waals surface area contributed by atoms with E-state index in [2.05, 4.69) is 9.97 Å². The van der Waals surface area contributed by atoms with Crippen molar-refractivity contribution >= 4 is 21.4 Å². The van der Waals surface area contributed by atoms with E-state index in [1.807, 2.05) is 23.6 Å². The summed E-state index contributed by atoms with van der Waals surface area (Å²) in [6, 6.07) is 5.73. The van der Waals surface area contributed by atoms with Gasteiger partial charge in [0.2, 0.25) is 0 Å². The van der Waals surface area contributed by atoms with Gasteiger partial charge in [0.05, 0.1) is 5.39 Å². The van der Waals surface area contributed by atoms with Crippen LogP contribution in [0.1, 0.15) is 0 Å². The summed E-state index contributed by atoms with van der Waals surface area (Å²) in [6.45, 7) is 0. The van der Waals surface area contributed by atoms with Crippen LogP contribution in [-0.4, -0.2) is 9.97 Å². The number of hydrogen-bond acceptors (Lipinski definition) is 3. The lowest BCUT2D eigenvalue weighted by molar-refractivity contribution is 1.28. The summed E-state index contributed by atoms with van der Waals surface area (Å²) in [4.78, 5) is 18.3. The van der Waals surface area contributed by atoms with Gasteiger partial charge in [-0.2, -0.15) is 0 Å². The fraction of sp³-hybridized carbons (Fsp3) is 0. The summed E-state index contributed by atoms with van der Waals surface area (Å²) < 4.78 is 1.02. The van der Waals surface area contributed by atoms with Crippen LogP contribution >= 0.6 is 11.3 Å². The number of aromatic nitrogens is 2. The van der Waals surface area contributed by atoms with Gasteiger partial charge in [0.25, 0.3) is 5.56 Å². The Morgan fingerprint density at radius 2 is 2.00 bits per heavy atom. The monoisotopic (exact) mass is 228 g/mol. The van der Waals surface area contributed by atoms with E-state index >= 15 is 0 Å². The zero-order chi connectivity index (χ0) is 11.0. The summed E-state index contributed by atoms with van der Waals surface area (Å²) in [6.07, 6.45) is 5.26. The van der Waals surface area contributed by atoms with Crippen molar-refractivity contribution < 1.29 is 0 Å². The van der Waals surface area contributed by atoms with E-state index in [9.17, 15) is 4.79 Å². The molecule has 3 heterocycles. The van der Waals surface area contributed by atoms with Gasteiger partial charge in [-0.15, -0.1) is 11.3 Å². The van der Waals surface area contributed by atoms with Gasteiger partial charge < -0.3 is 4.98 Å². The van der Waals surface area contributed by atoms with Crippen LogP contribution in [0.15, 0.2) is 47.0 Å². The molecular weight excluding hydrogens is 220 g/mol. The minimum absolute atomic E-state index is 0.0333. The molecule has 0 aliphatic heterocycles. The molecule has 0 amide bonds. The fourth-order valence-corrected chi connectivity index (χ4v) is 2.66. The fourth-order valence-electron chi connectivity index (χ4n) is 1.72. The van der Waals surface area contributed by atoms with Gasteiger partial charge in [-0.25, -0.2) is 0 Å². The predicted molar refractivity (Wildman–Crippen MR) is 65.7 cm³/mol. The highest BCUT2D eigenvalue weighted by Crippen LogP contribution is 2.29. The second kappa shape index (κ2) is 3.57. The molecule has 1 N–H and O–H groups in total. The van der Waals surface area contributed by atoms with Crippen LogP contribution in [0.2, 0.25) is 0 Å². The van der Waals surface area contributed by atoms with Gasteiger partial charge in [0.1, 0.15) is 0 Å². The first-order chi connectivity index (χ1) is 7.86. The number of nitrogens with zero attached hydrogens (tertiary/aromatic N) is 1. The summed E-state index contributed by atoms with van der Waals surface area (Å²) in [7, 11) is 0. The molecule has 0 atom stereocenters. The number of thiophene rings is 1. The number of nitrogens with one attached hydrogen (secondary N) is 1. The molecule has 0 spiro atoms. The maximum absolute atomic E-state index is 11.6. The van der Waals surface area contributed by atoms with Crippen molar-refractivity contribution in [1.82, 2.24) is 9.97 Å². The SMILES string of the molecule is O=c1[nH]cc(-c2ccncc2)c2sccc12. The van der Waals surface area contributed by atoms with Crippen molar-refractivity contribution in [2.24, 2.45) is 0 Å². The van der Waals surface area contributed by atoms with Crippen LogP contribution in [-0.2, 0) is 0 Å². The summed E-state index contributed by atoms with van der Waals surface area (Å²) in [5.74, 6) is 0. The van der Waals surface area contributed by atoms with Gasteiger partial charge in [-0.1, -0.05) is 0 Å². The van der Waals surface area contributed by atoms with Crippen molar-refractivity contribution in [3.8, 4) is 11.1 Å². The van der Waals surface area contributed by atoms with Crippen molar-refractivity contribution in [3.05, 3.63) is 52.5 Å². The first-order valence-electron chi connectivity index (χ1n) is 4.85. The van der Waals surface area contributed by atoms with Crippen molar-refractivity contribution in [3.63, 3.8) is 0 Å². The van der Waals surface area contributed by atoms with Gasteiger partial charge in [-0.05, 0) is 29.1 Å². The first kappa shape index (κ1) is 9.30. The quantitative estimate of drug-likeness (QED) is 0.696.